The molecule has 0 aromatic carbocycles. The van der Waals surface area contributed by atoms with Crippen LogP contribution < -0.4 is 0 Å². The van der Waals surface area contributed by atoms with Gasteiger partial charge in [-0.15, -0.1) is 0 Å². The van der Waals surface area contributed by atoms with Gasteiger partial charge in [-0.25, -0.2) is 4.57 Å². The maximum Gasteiger partial charge on any atom is 0.466 e. The fourth-order valence-electron chi connectivity index (χ4n) is 2.99. The number of ether oxygens (including phenoxy) is 1. The van der Waals surface area contributed by atoms with Gasteiger partial charge >= 0.3 is 20.0 Å². The van der Waals surface area contributed by atoms with Crippen LogP contribution >= 0.6 is 7.82 Å². The highest BCUT2D eigenvalue weighted by atomic mass is 31.2. The lowest BCUT2D eigenvalue weighted by Crippen LogP contribution is -2.11. The summed E-state index contributed by atoms with van der Waals surface area (Å²) in [7, 11) is -4.64. The minimum Gasteiger partial charge on any atom is -0.469 e. The van der Waals surface area contributed by atoms with Crippen molar-refractivity contribution in [2.75, 3.05) is 6.61 Å². The second kappa shape index (κ2) is 20.9. The summed E-state index contributed by atoms with van der Waals surface area (Å²) in [6.45, 7) is 2.01. The molecule has 0 rings (SSSR count). The van der Waals surface area contributed by atoms with Crippen LogP contribution in [0.5, 0.6) is 0 Å². The molecule has 5 nitrogen and oxygen atoms in total. The molecule has 0 atom stereocenters. The van der Waals surface area contributed by atoms with Crippen molar-refractivity contribution in [2.45, 2.75) is 116 Å². The molecule has 0 unspecified atom stereocenters. The first-order chi connectivity index (χ1) is 14.9. The Morgan fingerprint density at radius 1 is 0.688 bits per heavy atom. The maximum absolute atomic E-state index is 12.8. The number of unbranched alkanes of at least 4 members (excludes halogenated alkanes) is 15. The Labute approximate surface area is 188 Å². The number of halogens is 5. The molecule has 0 saturated heterocycles. The van der Waals surface area contributed by atoms with Crippen LogP contribution in [0.3, 0.4) is 0 Å². The van der Waals surface area contributed by atoms with Gasteiger partial charge in [-0.3, -0.25) is 0 Å². The topological polar surface area (TPSA) is 87.0 Å². The zero-order valence-electron chi connectivity index (χ0n) is 19.0. The SMILES string of the molecule is CCCCCCCCCCCCCCCCCCOC(F)=C(F)C(F)(F)F.O=P(O)(O)O. The predicted octanol–water partition coefficient (Wildman–Crippen LogP) is 8.01. The molecule has 3 N–H and O–H groups in total. The van der Waals surface area contributed by atoms with Gasteiger partial charge in [-0.1, -0.05) is 103 Å². The molecule has 0 aliphatic rings. The molecule has 32 heavy (non-hydrogen) atoms. The van der Waals surface area contributed by atoms with E-state index in [1.54, 1.807) is 0 Å². The summed E-state index contributed by atoms with van der Waals surface area (Å²) in [6.07, 6.45) is 13.5. The predicted molar refractivity (Wildman–Crippen MR) is 115 cm³/mol. The van der Waals surface area contributed by atoms with E-state index in [0.717, 1.165) is 25.7 Å². The van der Waals surface area contributed by atoms with Crippen molar-refractivity contribution in [2.24, 2.45) is 0 Å². The number of hydrogen-bond acceptors (Lipinski definition) is 2. The number of hydrogen-bond donors (Lipinski definition) is 3. The summed E-state index contributed by atoms with van der Waals surface area (Å²) in [6, 6.07) is -2.16. The number of phosphoric acid groups is 1. The lowest BCUT2D eigenvalue weighted by atomic mass is 10.0. The second-order valence-electron chi connectivity index (χ2n) is 7.75. The Bertz CT molecular complexity index is 501. The summed E-state index contributed by atoms with van der Waals surface area (Å²) < 4.78 is 73.9. The van der Waals surface area contributed by atoms with Crippen molar-refractivity contribution in [3.8, 4) is 0 Å². The molecular weight excluding hydrogens is 458 g/mol. The van der Waals surface area contributed by atoms with Crippen LogP contribution in [-0.2, 0) is 9.30 Å². The Balaban J connectivity index is 0. The van der Waals surface area contributed by atoms with Gasteiger partial charge in [-0.2, -0.15) is 22.0 Å². The van der Waals surface area contributed by atoms with Crippen molar-refractivity contribution >= 4 is 7.82 Å². The average Bonchev–Trinajstić information content (AvgIpc) is 2.67. The standard InChI is InChI=1S/C21H37F5O.H3O4P/c1-2-3-4-5-6-7-8-9-10-11-12-13-14-15-16-17-18-27-20(23)19(22)21(24,25)26;1-5(2,3)4/h2-18H2,1H3;(H3,1,2,3,4). The molecule has 0 aromatic heterocycles. The third-order valence-electron chi connectivity index (χ3n) is 4.65. The van der Waals surface area contributed by atoms with E-state index in [0.29, 0.717) is 6.42 Å². The first kappa shape index (κ1) is 33.5. The normalized spacial score (nSPS) is 12.8. The molecule has 0 aliphatic heterocycles. The summed E-state index contributed by atoms with van der Waals surface area (Å²) >= 11 is 0. The van der Waals surface area contributed by atoms with Crippen molar-refractivity contribution < 1.29 is 45.9 Å². The summed E-state index contributed by atoms with van der Waals surface area (Å²) in [5, 5.41) is 0. The molecule has 11 heteroatoms. The number of allylic oxidation sites excluding steroid dienone is 1. The van der Waals surface area contributed by atoms with E-state index in [1.807, 2.05) is 0 Å². The van der Waals surface area contributed by atoms with Crippen LogP contribution in [0.2, 0.25) is 0 Å². The summed E-state index contributed by atoms with van der Waals surface area (Å²) in [4.78, 5) is 21.6. The van der Waals surface area contributed by atoms with E-state index in [9.17, 15) is 22.0 Å². The molecule has 0 aliphatic carbocycles. The molecule has 0 heterocycles. The van der Waals surface area contributed by atoms with Crippen molar-refractivity contribution in [3.05, 3.63) is 11.8 Å². The van der Waals surface area contributed by atoms with Gasteiger partial charge in [0.15, 0.2) is 0 Å². The third kappa shape index (κ3) is 29.3. The molecule has 0 amide bonds. The van der Waals surface area contributed by atoms with E-state index in [-0.39, 0.29) is 6.61 Å². The van der Waals surface area contributed by atoms with Gasteiger partial charge in [-0.05, 0) is 6.42 Å². The van der Waals surface area contributed by atoms with Gasteiger partial charge in [0.1, 0.15) is 0 Å². The Hall–Kier alpha value is -0.700. The molecule has 194 valence electrons. The van der Waals surface area contributed by atoms with Gasteiger partial charge in [0.2, 0.25) is 0 Å². The smallest absolute Gasteiger partial charge is 0.466 e. The van der Waals surface area contributed by atoms with Crippen LogP contribution in [0.4, 0.5) is 22.0 Å². The Morgan fingerprint density at radius 3 is 1.25 bits per heavy atom. The first-order valence-corrected chi connectivity index (χ1v) is 13.0. The lowest BCUT2D eigenvalue weighted by molar-refractivity contribution is -0.116. The summed E-state index contributed by atoms with van der Waals surface area (Å²) in [5.74, 6) is -2.79. The van der Waals surface area contributed by atoms with Gasteiger partial charge < -0.3 is 19.4 Å². The van der Waals surface area contributed by atoms with Gasteiger partial charge in [0, 0.05) is 0 Å². The molecule has 0 bridgehead atoms. The molecule has 0 spiro atoms. The second-order valence-corrected chi connectivity index (χ2v) is 8.78. The highest BCUT2D eigenvalue weighted by Gasteiger charge is 2.39. The molecule has 0 aromatic rings. The monoisotopic (exact) mass is 498 g/mol. The average molecular weight is 499 g/mol. The van der Waals surface area contributed by atoms with Crippen LogP contribution in [0.25, 0.3) is 0 Å². The van der Waals surface area contributed by atoms with E-state index < -0.39 is 25.8 Å². The zero-order chi connectivity index (χ0) is 24.9. The van der Waals surface area contributed by atoms with Crippen molar-refractivity contribution in [1.29, 1.82) is 0 Å². The summed E-state index contributed by atoms with van der Waals surface area (Å²) in [5.41, 5.74) is 0. The van der Waals surface area contributed by atoms with Crippen LogP contribution in [0, 0.1) is 0 Å². The highest BCUT2D eigenvalue weighted by molar-refractivity contribution is 7.45. The molecular formula is C21H40F5O5P. The van der Waals surface area contributed by atoms with Crippen molar-refractivity contribution in [1.82, 2.24) is 0 Å². The largest absolute Gasteiger partial charge is 0.469 e. The quantitative estimate of drug-likeness (QED) is 0.0771. The fourth-order valence-corrected chi connectivity index (χ4v) is 2.99. The van der Waals surface area contributed by atoms with Crippen molar-refractivity contribution in [3.63, 3.8) is 0 Å². The number of rotatable bonds is 18. The molecule has 0 fully saturated rings. The fraction of sp³-hybridized carbons (Fsp3) is 0.905. The Morgan fingerprint density at radius 2 is 0.969 bits per heavy atom. The van der Waals surface area contributed by atoms with E-state index in [2.05, 4.69) is 11.7 Å². The van der Waals surface area contributed by atoms with E-state index in [4.69, 9.17) is 19.2 Å². The molecule has 0 saturated carbocycles. The Kier molecular flexibility index (Phi) is 21.8. The van der Waals surface area contributed by atoms with E-state index in [1.165, 1.54) is 70.6 Å². The van der Waals surface area contributed by atoms with Crippen LogP contribution in [-0.4, -0.2) is 27.5 Å². The minimum absolute atomic E-state index is 0.228. The van der Waals surface area contributed by atoms with Gasteiger partial charge in [0.05, 0.1) is 6.61 Å². The van der Waals surface area contributed by atoms with Gasteiger partial charge in [0.25, 0.3) is 5.83 Å². The first-order valence-electron chi connectivity index (χ1n) is 11.4. The maximum atomic E-state index is 12.8. The third-order valence-corrected chi connectivity index (χ3v) is 4.65. The number of alkyl halides is 3. The molecule has 0 radical (unpaired) electrons. The van der Waals surface area contributed by atoms with E-state index >= 15 is 0 Å². The zero-order valence-corrected chi connectivity index (χ0v) is 19.9. The lowest BCUT2D eigenvalue weighted by Gasteiger charge is -2.07. The highest BCUT2D eigenvalue weighted by Crippen LogP contribution is 2.30. The van der Waals surface area contributed by atoms with Crippen LogP contribution in [0.1, 0.15) is 110 Å². The van der Waals surface area contributed by atoms with Crippen LogP contribution in [0.15, 0.2) is 11.8 Å². The minimum atomic E-state index is -5.32.